The Morgan fingerprint density at radius 2 is 1.26 bits per heavy atom. The Morgan fingerprint density at radius 3 is 1.87 bits per heavy atom. The first-order chi connectivity index (χ1) is 11.3. The molecule has 0 saturated heterocycles. The van der Waals surface area contributed by atoms with Crippen LogP contribution in [0.2, 0.25) is 0 Å². The largest absolute Gasteiger partial charge is 0.327 e. The highest BCUT2D eigenvalue weighted by molar-refractivity contribution is 4.85. The van der Waals surface area contributed by atoms with E-state index in [2.05, 4.69) is 13.8 Å². The van der Waals surface area contributed by atoms with E-state index in [-0.39, 0.29) is 0 Å². The molecule has 0 fully saturated rings. The zero-order valence-corrected chi connectivity index (χ0v) is 15.5. The van der Waals surface area contributed by atoms with Crippen molar-refractivity contribution < 1.29 is 14.2 Å². The fourth-order valence-corrected chi connectivity index (χ4v) is 2.88. The van der Waals surface area contributed by atoms with Gasteiger partial charge in [-0.2, -0.15) is 0 Å². The Bertz CT molecular complexity index is 279. The Hall–Kier alpha value is -0.380. The quantitative estimate of drug-likeness (QED) is 0.290. The fraction of sp³-hybridized carbons (Fsp3) is 0.900. The van der Waals surface area contributed by atoms with Crippen LogP contribution in [0.25, 0.3) is 0 Å². The van der Waals surface area contributed by atoms with Crippen LogP contribution in [0.4, 0.5) is 0 Å². The van der Waals surface area contributed by atoms with Gasteiger partial charge in [-0.3, -0.25) is 0 Å². The molecule has 0 saturated carbocycles. The van der Waals surface area contributed by atoms with Gasteiger partial charge in [0.2, 0.25) is 0 Å². The summed E-state index contributed by atoms with van der Waals surface area (Å²) in [7, 11) is 0. The molecule has 0 aliphatic carbocycles. The topological polar surface area (TPSA) is 27.7 Å². The summed E-state index contributed by atoms with van der Waals surface area (Å²) in [6.07, 6.45) is 18.7. The summed E-state index contributed by atoms with van der Waals surface area (Å²) in [5, 5.41) is 0. The predicted octanol–water partition coefficient (Wildman–Crippen LogP) is 5.98. The second-order valence-corrected chi connectivity index (χ2v) is 6.56. The molecule has 0 radical (unpaired) electrons. The van der Waals surface area contributed by atoms with Gasteiger partial charge >= 0.3 is 0 Å². The predicted molar refractivity (Wildman–Crippen MR) is 96.5 cm³/mol. The molecule has 3 heteroatoms. The van der Waals surface area contributed by atoms with Gasteiger partial charge in [0.15, 0.2) is 0 Å². The van der Waals surface area contributed by atoms with Crippen molar-refractivity contribution in [2.75, 3.05) is 19.8 Å². The molecule has 0 atom stereocenters. The van der Waals surface area contributed by atoms with E-state index < -0.39 is 5.97 Å². The maximum atomic E-state index is 6.08. The van der Waals surface area contributed by atoms with Gasteiger partial charge in [0.1, 0.15) is 0 Å². The highest BCUT2D eigenvalue weighted by atomic mass is 16.9. The summed E-state index contributed by atoms with van der Waals surface area (Å²) >= 11 is 0. The molecule has 1 heterocycles. The van der Waals surface area contributed by atoms with Crippen molar-refractivity contribution in [3.8, 4) is 0 Å². The van der Waals surface area contributed by atoms with Crippen molar-refractivity contribution in [1.29, 1.82) is 0 Å². The lowest BCUT2D eigenvalue weighted by Crippen LogP contribution is -2.39. The molecule has 136 valence electrons. The van der Waals surface area contributed by atoms with Crippen molar-refractivity contribution in [2.45, 2.75) is 96.9 Å². The lowest BCUT2D eigenvalue weighted by molar-refractivity contribution is -0.375. The number of unbranched alkanes of at least 4 members (excludes halogenated alkanes) is 9. The molecule has 0 unspecified atom stereocenters. The highest BCUT2D eigenvalue weighted by Crippen LogP contribution is 2.26. The number of rotatable bonds is 14. The monoisotopic (exact) mass is 326 g/mol. The van der Waals surface area contributed by atoms with Crippen LogP contribution in [0.1, 0.15) is 90.9 Å². The molecule has 1 aliphatic heterocycles. The molecule has 0 bridgehead atoms. The van der Waals surface area contributed by atoms with Crippen LogP contribution >= 0.6 is 0 Å². The molecule has 0 aromatic heterocycles. The van der Waals surface area contributed by atoms with Crippen LogP contribution in [0.5, 0.6) is 0 Å². The van der Waals surface area contributed by atoms with Crippen molar-refractivity contribution >= 4 is 0 Å². The molecule has 0 aromatic rings. The molecule has 3 nitrogen and oxygen atoms in total. The van der Waals surface area contributed by atoms with Gasteiger partial charge in [-0.05, 0) is 12.8 Å². The molecule has 1 aliphatic rings. The Kier molecular flexibility index (Phi) is 12.6. The van der Waals surface area contributed by atoms with E-state index in [9.17, 15) is 0 Å². The lowest BCUT2D eigenvalue weighted by Gasteiger charge is -2.32. The third-order valence-corrected chi connectivity index (χ3v) is 4.37. The summed E-state index contributed by atoms with van der Waals surface area (Å²) in [4.78, 5) is 0. The van der Waals surface area contributed by atoms with Crippen LogP contribution < -0.4 is 0 Å². The molecule has 0 amide bonds. The zero-order valence-electron chi connectivity index (χ0n) is 15.5. The van der Waals surface area contributed by atoms with Crippen LogP contribution in [-0.4, -0.2) is 25.8 Å². The number of ether oxygens (including phenoxy) is 3. The minimum Gasteiger partial charge on any atom is -0.327 e. The molecule has 1 rings (SSSR count). The van der Waals surface area contributed by atoms with Crippen molar-refractivity contribution in [1.82, 2.24) is 0 Å². The summed E-state index contributed by atoms with van der Waals surface area (Å²) in [5.41, 5.74) is 0. The molecular formula is C20H38O3. The van der Waals surface area contributed by atoms with E-state index in [0.29, 0.717) is 13.2 Å². The molecule has 0 aromatic carbocycles. The second-order valence-electron chi connectivity index (χ2n) is 6.56. The minimum absolute atomic E-state index is 0.589. The van der Waals surface area contributed by atoms with Crippen LogP contribution in [0, 0.1) is 0 Å². The standard InChI is InChI=1S/C20H38O3/c1-3-5-7-9-11-13-17-21-20(16-12-10-8-6-4-2)22-18-14-15-19-23-20/h14-15H,3-13,16-19H2,1-2H3. The Balaban J connectivity index is 2.24. The summed E-state index contributed by atoms with van der Waals surface area (Å²) in [6, 6.07) is 0. The van der Waals surface area contributed by atoms with Gasteiger partial charge in [0, 0.05) is 6.42 Å². The van der Waals surface area contributed by atoms with E-state index in [4.69, 9.17) is 14.2 Å². The first-order valence-electron chi connectivity index (χ1n) is 9.90. The average Bonchev–Trinajstić information content (AvgIpc) is 2.80. The smallest absolute Gasteiger partial charge is 0.283 e. The normalized spacial score (nSPS) is 17.3. The van der Waals surface area contributed by atoms with E-state index in [0.717, 1.165) is 25.9 Å². The third kappa shape index (κ3) is 10.2. The first-order valence-corrected chi connectivity index (χ1v) is 9.90. The molecule has 23 heavy (non-hydrogen) atoms. The van der Waals surface area contributed by atoms with Gasteiger partial charge < -0.3 is 14.2 Å². The fourth-order valence-electron chi connectivity index (χ4n) is 2.88. The van der Waals surface area contributed by atoms with Gasteiger partial charge in [-0.1, -0.05) is 83.8 Å². The number of hydrogen-bond donors (Lipinski definition) is 0. The molecule has 0 spiro atoms. The van der Waals surface area contributed by atoms with E-state index in [1.165, 1.54) is 57.8 Å². The highest BCUT2D eigenvalue weighted by Gasteiger charge is 2.33. The maximum absolute atomic E-state index is 6.08. The minimum atomic E-state index is -0.806. The van der Waals surface area contributed by atoms with Crippen molar-refractivity contribution in [3.05, 3.63) is 12.2 Å². The van der Waals surface area contributed by atoms with Gasteiger partial charge in [-0.15, -0.1) is 0 Å². The zero-order chi connectivity index (χ0) is 16.6. The maximum Gasteiger partial charge on any atom is 0.283 e. The van der Waals surface area contributed by atoms with Gasteiger partial charge in [-0.25, -0.2) is 0 Å². The van der Waals surface area contributed by atoms with Crippen LogP contribution in [0.3, 0.4) is 0 Å². The van der Waals surface area contributed by atoms with Crippen molar-refractivity contribution in [2.24, 2.45) is 0 Å². The van der Waals surface area contributed by atoms with Gasteiger partial charge in [0.05, 0.1) is 19.8 Å². The lowest BCUT2D eigenvalue weighted by atomic mass is 10.1. The third-order valence-electron chi connectivity index (χ3n) is 4.37. The summed E-state index contributed by atoms with van der Waals surface area (Å²) in [6.45, 7) is 6.41. The van der Waals surface area contributed by atoms with Gasteiger partial charge in [0.25, 0.3) is 5.97 Å². The molecule has 0 N–H and O–H groups in total. The second kappa shape index (κ2) is 14.0. The van der Waals surface area contributed by atoms with Crippen LogP contribution in [-0.2, 0) is 14.2 Å². The Morgan fingerprint density at radius 1 is 0.739 bits per heavy atom. The van der Waals surface area contributed by atoms with E-state index in [1.54, 1.807) is 0 Å². The van der Waals surface area contributed by atoms with E-state index in [1.807, 2.05) is 12.2 Å². The van der Waals surface area contributed by atoms with E-state index >= 15 is 0 Å². The first kappa shape index (κ1) is 20.7. The summed E-state index contributed by atoms with van der Waals surface area (Å²) < 4.78 is 17.9. The Labute approximate surface area is 143 Å². The number of hydrogen-bond acceptors (Lipinski definition) is 3. The van der Waals surface area contributed by atoms with Crippen LogP contribution in [0.15, 0.2) is 12.2 Å². The average molecular weight is 327 g/mol. The summed E-state index contributed by atoms with van der Waals surface area (Å²) in [5.74, 6) is -0.806. The SMILES string of the molecule is CCCCCCCCOC1(CCCCCCC)OCC=CCO1. The molecular weight excluding hydrogens is 288 g/mol. The van der Waals surface area contributed by atoms with Crippen molar-refractivity contribution in [3.63, 3.8) is 0 Å².